The quantitative estimate of drug-likeness (QED) is 0.692. The van der Waals surface area contributed by atoms with E-state index in [2.05, 4.69) is 4.98 Å². The average molecular weight is 262 g/mol. The monoisotopic (exact) mass is 262 g/mol. The molecule has 3 aromatic rings. The van der Waals surface area contributed by atoms with E-state index in [0.717, 1.165) is 22.2 Å². The second-order valence-corrected chi connectivity index (χ2v) is 4.58. The number of phenolic OH excluding ortho intramolecular Hbond substituents is 1. The summed E-state index contributed by atoms with van der Waals surface area (Å²) in [5, 5.41) is 10.3. The SMILES string of the molecule is Nc1cccc2ccc(/C=C/c3ccc(O)cc3)nc12. The predicted molar refractivity (Wildman–Crippen MR) is 83.2 cm³/mol. The molecule has 98 valence electrons. The molecule has 0 saturated heterocycles. The van der Waals surface area contributed by atoms with E-state index in [1.54, 1.807) is 12.1 Å². The summed E-state index contributed by atoms with van der Waals surface area (Å²) in [5.74, 6) is 0.263. The minimum absolute atomic E-state index is 0.263. The molecule has 0 aliphatic heterocycles. The van der Waals surface area contributed by atoms with Crippen molar-refractivity contribution in [3.63, 3.8) is 0 Å². The highest BCUT2D eigenvalue weighted by atomic mass is 16.3. The van der Waals surface area contributed by atoms with Crippen LogP contribution in [0.2, 0.25) is 0 Å². The molecule has 0 aliphatic rings. The Labute approximate surface area is 117 Å². The molecule has 0 amide bonds. The van der Waals surface area contributed by atoms with Gasteiger partial charge >= 0.3 is 0 Å². The van der Waals surface area contributed by atoms with E-state index in [4.69, 9.17) is 5.73 Å². The first-order valence-corrected chi connectivity index (χ1v) is 6.35. The fourth-order valence-corrected chi connectivity index (χ4v) is 2.04. The lowest BCUT2D eigenvalue weighted by molar-refractivity contribution is 0.475. The summed E-state index contributed by atoms with van der Waals surface area (Å²) in [6.07, 6.45) is 3.88. The number of rotatable bonds is 2. The number of nitrogen functional groups attached to an aromatic ring is 1. The van der Waals surface area contributed by atoms with Crippen LogP contribution in [0.5, 0.6) is 5.75 Å². The third-order valence-electron chi connectivity index (χ3n) is 3.11. The van der Waals surface area contributed by atoms with Gasteiger partial charge in [-0.25, -0.2) is 4.98 Å². The van der Waals surface area contributed by atoms with Gasteiger partial charge in [0, 0.05) is 5.39 Å². The van der Waals surface area contributed by atoms with Crippen molar-refractivity contribution in [2.24, 2.45) is 0 Å². The maximum absolute atomic E-state index is 9.24. The van der Waals surface area contributed by atoms with E-state index in [-0.39, 0.29) is 5.75 Å². The summed E-state index contributed by atoms with van der Waals surface area (Å²) in [5.41, 5.74) is 9.29. The molecule has 0 aliphatic carbocycles. The van der Waals surface area contributed by atoms with Gasteiger partial charge in [-0.05, 0) is 35.9 Å². The zero-order chi connectivity index (χ0) is 13.9. The molecule has 3 heteroatoms. The molecular formula is C17H14N2O. The molecule has 0 radical (unpaired) electrons. The van der Waals surface area contributed by atoms with Gasteiger partial charge in [-0.1, -0.05) is 36.4 Å². The van der Waals surface area contributed by atoms with Gasteiger partial charge in [-0.15, -0.1) is 0 Å². The standard InChI is InChI=1S/C17H14N2O/c18-16-3-1-2-13-7-9-14(19-17(13)16)8-4-12-5-10-15(20)11-6-12/h1-11,20H,18H2/b8-4+. The zero-order valence-electron chi connectivity index (χ0n) is 10.8. The summed E-state index contributed by atoms with van der Waals surface area (Å²) >= 11 is 0. The Morgan fingerprint density at radius 2 is 1.70 bits per heavy atom. The van der Waals surface area contributed by atoms with Crippen LogP contribution in [0.25, 0.3) is 23.1 Å². The molecule has 1 aromatic heterocycles. The second kappa shape index (κ2) is 5.05. The summed E-state index contributed by atoms with van der Waals surface area (Å²) in [4.78, 5) is 4.55. The molecule has 0 fully saturated rings. The molecule has 3 nitrogen and oxygen atoms in total. The molecule has 20 heavy (non-hydrogen) atoms. The topological polar surface area (TPSA) is 59.1 Å². The minimum atomic E-state index is 0.263. The van der Waals surface area contributed by atoms with E-state index in [0.29, 0.717) is 5.69 Å². The molecular weight excluding hydrogens is 248 g/mol. The number of fused-ring (bicyclic) bond motifs is 1. The lowest BCUT2D eigenvalue weighted by Crippen LogP contribution is -1.90. The number of phenols is 1. The van der Waals surface area contributed by atoms with Crippen LogP contribution in [0.15, 0.2) is 54.6 Å². The molecule has 0 atom stereocenters. The highest BCUT2D eigenvalue weighted by Gasteiger charge is 1.99. The van der Waals surface area contributed by atoms with E-state index in [1.165, 1.54) is 0 Å². The van der Waals surface area contributed by atoms with Gasteiger partial charge in [0.05, 0.1) is 16.9 Å². The Morgan fingerprint density at radius 1 is 0.900 bits per heavy atom. The average Bonchev–Trinajstić information content (AvgIpc) is 2.47. The molecule has 0 unspecified atom stereocenters. The minimum Gasteiger partial charge on any atom is -0.508 e. The van der Waals surface area contributed by atoms with Crippen molar-refractivity contribution in [1.82, 2.24) is 4.98 Å². The maximum atomic E-state index is 9.24. The molecule has 0 bridgehead atoms. The fourth-order valence-electron chi connectivity index (χ4n) is 2.04. The highest BCUT2D eigenvalue weighted by molar-refractivity contribution is 5.90. The predicted octanol–water partition coefficient (Wildman–Crippen LogP) is 3.69. The number of pyridine rings is 1. The van der Waals surface area contributed by atoms with Gasteiger partial charge in [-0.3, -0.25) is 0 Å². The van der Waals surface area contributed by atoms with Gasteiger partial charge < -0.3 is 10.8 Å². The number of aromatic hydroxyl groups is 1. The lowest BCUT2D eigenvalue weighted by atomic mass is 10.1. The summed E-state index contributed by atoms with van der Waals surface area (Å²) < 4.78 is 0. The van der Waals surface area contributed by atoms with Gasteiger partial charge in [0.1, 0.15) is 5.75 Å². The van der Waals surface area contributed by atoms with Crippen LogP contribution in [-0.4, -0.2) is 10.1 Å². The van der Waals surface area contributed by atoms with Crippen molar-refractivity contribution >= 4 is 28.7 Å². The molecule has 3 N–H and O–H groups in total. The molecule has 2 aromatic carbocycles. The van der Waals surface area contributed by atoms with Crippen LogP contribution < -0.4 is 5.73 Å². The smallest absolute Gasteiger partial charge is 0.115 e. The molecule has 3 rings (SSSR count). The third kappa shape index (κ3) is 2.47. The summed E-state index contributed by atoms with van der Waals surface area (Å²) in [7, 11) is 0. The van der Waals surface area contributed by atoms with E-state index < -0.39 is 0 Å². The largest absolute Gasteiger partial charge is 0.508 e. The van der Waals surface area contributed by atoms with Crippen LogP contribution >= 0.6 is 0 Å². The van der Waals surface area contributed by atoms with Crippen LogP contribution in [-0.2, 0) is 0 Å². The van der Waals surface area contributed by atoms with E-state index in [1.807, 2.05) is 54.6 Å². The van der Waals surface area contributed by atoms with Crippen LogP contribution in [0.1, 0.15) is 11.3 Å². The van der Waals surface area contributed by atoms with E-state index >= 15 is 0 Å². The van der Waals surface area contributed by atoms with Crippen LogP contribution in [0, 0.1) is 0 Å². The summed E-state index contributed by atoms with van der Waals surface area (Å²) in [6, 6.07) is 16.7. The maximum Gasteiger partial charge on any atom is 0.115 e. The lowest BCUT2D eigenvalue weighted by Gasteiger charge is -2.02. The van der Waals surface area contributed by atoms with Gasteiger partial charge in [0.15, 0.2) is 0 Å². The Morgan fingerprint density at radius 3 is 2.50 bits per heavy atom. The van der Waals surface area contributed by atoms with Gasteiger partial charge in [0.25, 0.3) is 0 Å². The first-order chi connectivity index (χ1) is 9.72. The molecule has 1 heterocycles. The zero-order valence-corrected chi connectivity index (χ0v) is 10.8. The third-order valence-corrected chi connectivity index (χ3v) is 3.11. The Hall–Kier alpha value is -2.81. The molecule has 0 saturated carbocycles. The van der Waals surface area contributed by atoms with Crippen molar-refractivity contribution < 1.29 is 5.11 Å². The Kier molecular flexibility index (Phi) is 3.09. The van der Waals surface area contributed by atoms with Crippen LogP contribution in [0.3, 0.4) is 0 Å². The van der Waals surface area contributed by atoms with Crippen molar-refractivity contribution in [2.75, 3.05) is 5.73 Å². The number of para-hydroxylation sites is 1. The number of nitrogens with two attached hydrogens (primary N) is 1. The number of aromatic nitrogens is 1. The van der Waals surface area contributed by atoms with Gasteiger partial charge in [0.2, 0.25) is 0 Å². The number of benzene rings is 2. The van der Waals surface area contributed by atoms with Gasteiger partial charge in [-0.2, -0.15) is 0 Å². The number of hydrogen-bond acceptors (Lipinski definition) is 3. The van der Waals surface area contributed by atoms with Crippen molar-refractivity contribution in [3.8, 4) is 5.75 Å². The molecule has 0 spiro atoms. The second-order valence-electron chi connectivity index (χ2n) is 4.58. The first-order valence-electron chi connectivity index (χ1n) is 6.35. The number of hydrogen-bond donors (Lipinski definition) is 2. The fraction of sp³-hybridized carbons (Fsp3) is 0. The van der Waals surface area contributed by atoms with Crippen LogP contribution in [0.4, 0.5) is 5.69 Å². The van der Waals surface area contributed by atoms with Crippen molar-refractivity contribution in [2.45, 2.75) is 0 Å². The number of nitrogens with zero attached hydrogens (tertiary/aromatic N) is 1. The normalized spacial score (nSPS) is 11.2. The van der Waals surface area contributed by atoms with Crippen molar-refractivity contribution in [3.05, 3.63) is 65.9 Å². The highest BCUT2D eigenvalue weighted by Crippen LogP contribution is 2.20. The van der Waals surface area contributed by atoms with Crippen molar-refractivity contribution in [1.29, 1.82) is 0 Å². The summed E-state index contributed by atoms with van der Waals surface area (Å²) in [6.45, 7) is 0. The Balaban J connectivity index is 1.94. The first kappa shape index (κ1) is 12.2. The Bertz CT molecular complexity index is 777. The van der Waals surface area contributed by atoms with E-state index in [9.17, 15) is 5.11 Å². The number of anilines is 1.